The number of carbonyl (C=O) groups excluding carboxylic acids is 2. The van der Waals surface area contributed by atoms with Crippen molar-refractivity contribution in [1.29, 1.82) is 0 Å². The van der Waals surface area contributed by atoms with Crippen LogP contribution in [0.25, 0.3) is 0 Å². The lowest BCUT2D eigenvalue weighted by molar-refractivity contribution is -0.139. The van der Waals surface area contributed by atoms with Gasteiger partial charge in [0.15, 0.2) is 0 Å². The molecule has 0 saturated carbocycles. The number of ether oxygens (including phenoxy) is 3. The molecule has 1 saturated heterocycles. The molecule has 33 heavy (non-hydrogen) atoms. The van der Waals surface area contributed by atoms with Crippen molar-refractivity contribution >= 4 is 11.9 Å². The number of allylic oxidation sites excluding steroid dienone is 2. The fourth-order valence-electron chi connectivity index (χ4n) is 4.53. The summed E-state index contributed by atoms with van der Waals surface area (Å²) in [5.74, 6) is -0.687. The van der Waals surface area contributed by atoms with Crippen molar-refractivity contribution in [2.75, 3.05) is 39.5 Å². The van der Waals surface area contributed by atoms with Gasteiger partial charge in [-0.25, -0.2) is 9.59 Å². The maximum Gasteiger partial charge on any atom is 0.336 e. The zero-order valence-corrected chi connectivity index (χ0v) is 20.2. The van der Waals surface area contributed by atoms with E-state index in [0.29, 0.717) is 29.1 Å². The minimum atomic E-state index is -0.575. The maximum atomic E-state index is 12.9. The van der Waals surface area contributed by atoms with Gasteiger partial charge in [-0.3, -0.25) is 0 Å². The van der Waals surface area contributed by atoms with Gasteiger partial charge < -0.3 is 24.4 Å². The van der Waals surface area contributed by atoms with E-state index in [1.165, 1.54) is 25.9 Å². The molecule has 1 N–H and O–H groups in total. The first-order valence-corrected chi connectivity index (χ1v) is 11.9. The number of carbonyl (C=O) groups is 2. The van der Waals surface area contributed by atoms with Gasteiger partial charge in [0.25, 0.3) is 0 Å². The summed E-state index contributed by atoms with van der Waals surface area (Å²) in [5, 5.41) is 3.16. The van der Waals surface area contributed by atoms with Crippen LogP contribution in [0.2, 0.25) is 0 Å². The third-order valence-corrected chi connectivity index (χ3v) is 6.05. The Morgan fingerprint density at radius 1 is 0.939 bits per heavy atom. The van der Waals surface area contributed by atoms with Crippen molar-refractivity contribution < 1.29 is 23.8 Å². The van der Waals surface area contributed by atoms with Crippen molar-refractivity contribution in [3.05, 3.63) is 52.4 Å². The Hall–Kier alpha value is -2.80. The molecule has 0 aliphatic carbocycles. The molecule has 0 amide bonds. The summed E-state index contributed by atoms with van der Waals surface area (Å²) in [6, 6.07) is 7.60. The zero-order chi connectivity index (χ0) is 23.8. The fraction of sp³-hybridized carbons (Fsp3) is 0.538. The number of benzene rings is 1. The van der Waals surface area contributed by atoms with Gasteiger partial charge in [-0.2, -0.15) is 0 Å². The van der Waals surface area contributed by atoms with Crippen LogP contribution in [0.15, 0.2) is 46.8 Å². The van der Waals surface area contributed by atoms with Gasteiger partial charge in [0.1, 0.15) is 5.75 Å². The van der Waals surface area contributed by atoms with Gasteiger partial charge in [0.05, 0.1) is 36.9 Å². The van der Waals surface area contributed by atoms with Gasteiger partial charge in [0, 0.05) is 17.9 Å². The summed E-state index contributed by atoms with van der Waals surface area (Å²) in [4.78, 5) is 28.2. The monoisotopic (exact) mass is 456 g/mol. The SMILES string of the molecule is CCOC(=O)C1=C(C)NC(C)=C(C(=O)OCC)C1c1ccc(OCCCN2CCCC2)cc1. The summed E-state index contributed by atoms with van der Waals surface area (Å²) in [6.45, 7) is 11.8. The average Bonchev–Trinajstić information content (AvgIpc) is 3.30. The molecule has 0 aromatic heterocycles. The van der Waals surface area contributed by atoms with Crippen LogP contribution in [-0.4, -0.2) is 56.3 Å². The zero-order valence-electron chi connectivity index (χ0n) is 20.2. The van der Waals surface area contributed by atoms with Crippen molar-refractivity contribution in [2.45, 2.75) is 52.9 Å². The molecule has 0 unspecified atom stereocenters. The number of nitrogens with one attached hydrogen (secondary N) is 1. The van der Waals surface area contributed by atoms with E-state index >= 15 is 0 Å². The van der Waals surface area contributed by atoms with Crippen LogP contribution in [0.1, 0.15) is 58.4 Å². The highest BCUT2D eigenvalue weighted by molar-refractivity contribution is 5.99. The van der Waals surface area contributed by atoms with Crippen molar-refractivity contribution in [1.82, 2.24) is 10.2 Å². The summed E-state index contributed by atoms with van der Waals surface area (Å²) < 4.78 is 16.6. The highest BCUT2D eigenvalue weighted by Crippen LogP contribution is 2.39. The Morgan fingerprint density at radius 2 is 1.48 bits per heavy atom. The molecule has 0 radical (unpaired) electrons. The molecular formula is C26H36N2O5. The first kappa shape index (κ1) is 24.8. The van der Waals surface area contributed by atoms with Gasteiger partial charge in [-0.05, 0) is 77.7 Å². The van der Waals surface area contributed by atoms with Gasteiger partial charge in [-0.1, -0.05) is 12.1 Å². The molecule has 3 rings (SSSR count). The van der Waals surface area contributed by atoms with Crippen LogP contribution in [0.4, 0.5) is 0 Å². The van der Waals surface area contributed by atoms with Gasteiger partial charge in [-0.15, -0.1) is 0 Å². The first-order valence-electron chi connectivity index (χ1n) is 11.9. The Morgan fingerprint density at radius 3 is 2.00 bits per heavy atom. The molecule has 1 aromatic rings. The van der Waals surface area contributed by atoms with Crippen LogP contribution in [-0.2, 0) is 19.1 Å². The summed E-state index contributed by atoms with van der Waals surface area (Å²) >= 11 is 0. The van der Waals surface area contributed by atoms with Gasteiger partial charge >= 0.3 is 11.9 Å². The quantitative estimate of drug-likeness (QED) is 0.422. The number of hydrogen-bond acceptors (Lipinski definition) is 7. The molecule has 2 aliphatic heterocycles. The predicted molar refractivity (Wildman–Crippen MR) is 127 cm³/mol. The standard InChI is InChI=1S/C26H36N2O5/c1-5-31-25(29)22-18(3)27-19(4)23(26(30)32-6-2)24(22)20-10-12-21(13-11-20)33-17-9-16-28-14-7-8-15-28/h10-13,24,27H,5-9,14-17H2,1-4H3. The minimum absolute atomic E-state index is 0.254. The highest BCUT2D eigenvalue weighted by Gasteiger charge is 2.37. The minimum Gasteiger partial charge on any atom is -0.494 e. The molecule has 7 heteroatoms. The van der Waals surface area contributed by atoms with Crippen molar-refractivity contribution in [2.24, 2.45) is 0 Å². The van der Waals surface area contributed by atoms with Gasteiger partial charge in [0.2, 0.25) is 0 Å². The molecule has 0 bridgehead atoms. The smallest absolute Gasteiger partial charge is 0.336 e. The lowest BCUT2D eigenvalue weighted by atomic mass is 9.80. The molecule has 1 aromatic carbocycles. The van der Waals surface area contributed by atoms with E-state index in [-0.39, 0.29) is 13.2 Å². The molecule has 0 atom stereocenters. The van der Waals surface area contributed by atoms with E-state index in [1.54, 1.807) is 13.8 Å². The van der Waals surface area contributed by atoms with E-state index in [4.69, 9.17) is 14.2 Å². The Kier molecular flexibility index (Phi) is 8.95. The van der Waals surface area contributed by atoms with Crippen LogP contribution < -0.4 is 10.1 Å². The van der Waals surface area contributed by atoms with E-state index in [2.05, 4.69) is 10.2 Å². The molecule has 0 spiro atoms. The number of rotatable bonds is 10. The Balaban J connectivity index is 1.79. The predicted octanol–water partition coefficient (Wildman–Crippen LogP) is 3.91. The number of esters is 2. The van der Waals surface area contributed by atoms with Crippen molar-refractivity contribution in [3.63, 3.8) is 0 Å². The van der Waals surface area contributed by atoms with Crippen LogP contribution >= 0.6 is 0 Å². The number of hydrogen-bond donors (Lipinski definition) is 1. The topological polar surface area (TPSA) is 77.1 Å². The van der Waals surface area contributed by atoms with E-state index in [1.807, 2.05) is 38.1 Å². The molecule has 2 aliphatic rings. The lowest BCUT2D eigenvalue weighted by Crippen LogP contribution is -2.32. The summed E-state index contributed by atoms with van der Waals surface area (Å²) in [7, 11) is 0. The lowest BCUT2D eigenvalue weighted by Gasteiger charge is -2.30. The second-order valence-electron chi connectivity index (χ2n) is 8.40. The molecule has 2 heterocycles. The fourth-order valence-corrected chi connectivity index (χ4v) is 4.53. The van der Waals surface area contributed by atoms with E-state index in [0.717, 1.165) is 24.3 Å². The summed E-state index contributed by atoms with van der Waals surface area (Å²) in [6.07, 6.45) is 3.57. The largest absolute Gasteiger partial charge is 0.494 e. The summed E-state index contributed by atoms with van der Waals surface area (Å²) in [5.41, 5.74) is 3.00. The van der Waals surface area contributed by atoms with Crippen LogP contribution in [0.3, 0.4) is 0 Å². The van der Waals surface area contributed by atoms with E-state index in [9.17, 15) is 9.59 Å². The second kappa shape index (κ2) is 11.9. The van der Waals surface area contributed by atoms with Crippen LogP contribution in [0, 0.1) is 0 Å². The normalized spacial score (nSPS) is 17.2. The Bertz CT molecular complexity index is 858. The highest BCUT2D eigenvalue weighted by atomic mass is 16.5. The molecule has 1 fully saturated rings. The van der Waals surface area contributed by atoms with Crippen molar-refractivity contribution in [3.8, 4) is 5.75 Å². The third kappa shape index (κ3) is 6.16. The maximum absolute atomic E-state index is 12.9. The number of nitrogens with zero attached hydrogens (tertiary/aromatic N) is 1. The first-order chi connectivity index (χ1) is 16.0. The van der Waals surface area contributed by atoms with Crippen LogP contribution in [0.5, 0.6) is 5.75 Å². The number of likely N-dealkylation sites (tertiary alicyclic amines) is 1. The average molecular weight is 457 g/mol. The van der Waals surface area contributed by atoms with E-state index < -0.39 is 17.9 Å². The molecular weight excluding hydrogens is 420 g/mol. The number of dihydropyridines is 1. The third-order valence-electron chi connectivity index (χ3n) is 6.05. The Labute approximate surface area is 196 Å². The second-order valence-corrected chi connectivity index (χ2v) is 8.40. The molecule has 7 nitrogen and oxygen atoms in total. The molecule has 180 valence electrons.